The van der Waals surface area contributed by atoms with Crippen LogP contribution in [0, 0.1) is 11.8 Å². The number of fused-ring (bicyclic) bond motifs is 1. The number of halogens is 1. The molecule has 0 aliphatic rings. The second kappa shape index (κ2) is 19.6. The summed E-state index contributed by atoms with van der Waals surface area (Å²) in [5, 5.41) is 11.6. The third kappa shape index (κ3) is 12.4. The fourth-order valence-electron chi connectivity index (χ4n) is 6.17. The zero-order chi connectivity index (χ0) is 40.2. The molecule has 1 amide bonds. The summed E-state index contributed by atoms with van der Waals surface area (Å²) in [6.07, 6.45) is 6.31. The second-order valence-corrected chi connectivity index (χ2v) is 16.4. The van der Waals surface area contributed by atoms with E-state index >= 15 is 0 Å². The normalized spacial score (nSPS) is 12.6. The van der Waals surface area contributed by atoms with E-state index in [4.69, 9.17) is 29.0 Å². The molecule has 56 heavy (non-hydrogen) atoms. The highest BCUT2D eigenvalue weighted by Crippen LogP contribution is 2.37. The van der Waals surface area contributed by atoms with Crippen LogP contribution >= 0.6 is 15.9 Å². The predicted molar refractivity (Wildman–Crippen MR) is 223 cm³/mol. The van der Waals surface area contributed by atoms with Crippen molar-refractivity contribution in [1.29, 1.82) is 0 Å². The van der Waals surface area contributed by atoms with Crippen molar-refractivity contribution in [1.82, 2.24) is 20.6 Å². The maximum Gasteiger partial charge on any atom is 0.407 e. The molecule has 3 aromatic heterocycles. The highest BCUT2D eigenvalue weighted by Gasteiger charge is 2.22. The Hall–Kier alpha value is -5.20. The van der Waals surface area contributed by atoms with Gasteiger partial charge in [-0.3, -0.25) is 4.98 Å². The number of nitrogens with two attached hydrogens (primary N) is 1. The zero-order valence-corrected chi connectivity index (χ0v) is 34.7. The minimum absolute atomic E-state index is 0.0126. The quantitative estimate of drug-likeness (QED) is 0.109. The van der Waals surface area contributed by atoms with Crippen LogP contribution in [-0.4, -0.2) is 52.3 Å². The van der Waals surface area contributed by atoms with E-state index in [2.05, 4.69) is 82.4 Å². The highest BCUT2D eigenvalue weighted by atomic mass is 79.9. The Labute approximate surface area is 337 Å². The van der Waals surface area contributed by atoms with Crippen LogP contribution in [0.2, 0.25) is 0 Å². The summed E-state index contributed by atoms with van der Waals surface area (Å²) in [6.45, 7) is 14.8. The number of rotatable bonds is 14. The number of alkyl carbamates (subject to hydrolysis) is 1. The predicted octanol–water partition coefficient (Wildman–Crippen LogP) is 10.7. The average molecular weight is 827 g/mol. The van der Waals surface area contributed by atoms with Gasteiger partial charge in [-0.2, -0.15) is 0 Å². The number of nitrogens with zero attached hydrogens (tertiary/aromatic N) is 3. The largest absolute Gasteiger partial charge is 0.491 e. The zero-order valence-electron chi connectivity index (χ0n) is 33.1. The Morgan fingerprint density at radius 1 is 0.768 bits per heavy atom. The number of nitrogens with one attached hydrogen (secondary N) is 1. The van der Waals surface area contributed by atoms with Crippen molar-refractivity contribution in [3.05, 3.63) is 102 Å². The monoisotopic (exact) mass is 825 g/mol. The van der Waals surface area contributed by atoms with Crippen molar-refractivity contribution in [2.24, 2.45) is 17.6 Å². The molecule has 0 saturated carbocycles. The fraction of sp³-hybridized carbons (Fsp3) is 0.364. The number of carbonyl (C=O) groups is 1. The van der Waals surface area contributed by atoms with Gasteiger partial charge >= 0.3 is 6.09 Å². The number of benzene rings is 3. The molecule has 2 atom stereocenters. The van der Waals surface area contributed by atoms with Crippen LogP contribution in [0.15, 0.2) is 111 Å². The van der Waals surface area contributed by atoms with Gasteiger partial charge in [0.15, 0.2) is 11.5 Å². The Morgan fingerprint density at radius 2 is 1.39 bits per heavy atom. The number of hydrogen-bond donors (Lipinski definition) is 2. The van der Waals surface area contributed by atoms with Gasteiger partial charge in [-0.25, -0.2) is 4.79 Å². The number of hydrogen-bond acceptors (Lipinski definition) is 10. The van der Waals surface area contributed by atoms with Crippen LogP contribution in [-0.2, 0) is 4.74 Å². The van der Waals surface area contributed by atoms with Crippen molar-refractivity contribution in [2.45, 2.75) is 79.0 Å². The highest BCUT2D eigenvalue weighted by molar-refractivity contribution is 9.10. The number of amides is 1. The van der Waals surface area contributed by atoms with Gasteiger partial charge in [0.25, 0.3) is 0 Å². The minimum atomic E-state index is -0.543. The lowest BCUT2D eigenvalue weighted by Crippen LogP contribution is -2.42. The van der Waals surface area contributed by atoms with Crippen LogP contribution in [0.4, 0.5) is 4.79 Å². The molecule has 6 aromatic rings. The summed E-state index contributed by atoms with van der Waals surface area (Å²) in [4.78, 5) is 16.6. The first-order chi connectivity index (χ1) is 26.8. The van der Waals surface area contributed by atoms with E-state index in [1.165, 1.54) is 0 Å². The van der Waals surface area contributed by atoms with E-state index in [9.17, 15) is 4.79 Å². The lowest BCUT2D eigenvalue weighted by molar-refractivity contribution is 0.0480. The van der Waals surface area contributed by atoms with E-state index in [0.717, 1.165) is 56.2 Å². The standard InChI is InChI=1S/C24H25N3O2.C20H27BrN2O4/c1-16(2)13-18(25)15-28-23-8-7-17(14-21(23)24-10-12-27-29-24)19-9-11-26-22-6-4-3-5-20(19)22;1-13(2)10-15(23-19(24)26-20(3,4)5)12-25-17-7-6-14(21)11-16(17)18-8-9-22-27-18/h3-12,14,16,18H,13,15,25H2,1-2H3;6-9,11,13,15H,10,12H2,1-5H3,(H,23,24)/t18-;15-/m00/s1. The SMILES string of the molecule is CC(C)C[C@@H](COc1ccc(Br)cc1-c1ccno1)NC(=O)OC(C)(C)C.CC(C)C[C@H](N)COc1ccc(-c2ccnc3ccccc23)cc1-c1ccno1. The number of pyridine rings is 1. The summed E-state index contributed by atoms with van der Waals surface area (Å²) >= 11 is 3.46. The molecule has 0 bridgehead atoms. The van der Waals surface area contributed by atoms with E-state index in [1.54, 1.807) is 18.5 Å². The Bertz CT molecular complexity index is 2120. The smallest absolute Gasteiger partial charge is 0.407 e. The van der Waals surface area contributed by atoms with Crippen molar-refractivity contribution in [3.63, 3.8) is 0 Å². The number of carbonyl (C=O) groups excluding carboxylic acids is 1. The van der Waals surface area contributed by atoms with E-state index in [0.29, 0.717) is 42.3 Å². The molecule has 0 radical (unpaired) electrons. The maximum absolute atomic E-state index is 12.1. The van der Waals surface area contributed by atoms with Crippen LogP contribution < -0.4 is 20.5 Å². The fourth-order valence-corrected chi connectivity index (χ4v) is 6.53. The van der Waals surface area contributed by atoms with Gasteiger partial charge in [-0.05, 0) is 99.0 Å². The molecule has 0 saturated heterocycles. The van der Waals surface area contributed by atoms with Gasteiger partial charge in [-0.1, -0.05) is 78.2 Å². The van der Waals surface area contributed by atoms with Crippen LogP contribution in [0.3, 0.4) is 0 Å². The van der Waals surface area contributed by atoms with Gasteiger partial charge in [-0.15, -0.1) is 0 Å². The Kier molecular flexibility index (Phi) is 14.7. The minimum Gasteiger partial charge on any atom is -0.491 e. The average Bonchev–Trinajstić information content (AvgIpc) is 3.88. The van der Waals surface area contributed by atoms with E-state index in [1.807, 2.05) is 81.6 Å². The van der Waals surface area contributed by atoms with Crippen molar-refractivity contribution in [2.75, 3.05) is 13.2 Å². The Balaban J connectivity index is 0.000000215. The molecule has 296 valence electrons. The van der Waals surface area contributed by atoms with Gasteiger partial charge in [0.2, 0.25) is 0 Å². The number of ether oxygens (including phenoxy) is 3. The summed E-state index contributed by atoms with van der Waals surface area (Å²) < 4.78 is 29.1. The summed E-state index contributed by atoms with van der Waals surface area (Å²) in [6, 6.07) is 25.4. The first-order valence-electron chi connectivity index (χ1n) is 18.9. The maximum atomic E-state index is 12.1. The van der Waals surface area contributed by atoms with Gasteiger partial charge in [0.1, 0.15) is 30.3 Å². The summed E-state index contributed by atoms with van der Waals surface area (Å²) in [5.41, 5.74) is 10.5. The molecule has 12 heteroatoms. The third-order valence-corrected chi connectivity index (χ3v) is 8.92. The van der Waals surface area contributed by atoms with Crippen molar-refractivity contribution < 1.29 is 28.1 Å². The van der Waals surface area contributed by atoms with Crippen molar-refractivity contribution >= 4 is 32.9 Å². The van der Waals surface area contributed by atoms with Crippen molar-refractivity contribution in [3.8, 4) is 45.3 Å². The molecule has 3 N–H and O–H groups in total. The summed E-state index contributed by atoms with van der Waals surface area (Å²) in [5.74, 6) is 3.61. The van der Waals surface area contributed by atoms with Crippen LogP contribution in [0.5, 0.6) is 11.5 Å². The van der Waals surface area contributed by atoms with Gasteiger partial charge in [0.05, 0.1) is 35.1 Å². The van der Waals surface area contributed by atoms with E-state index < -0.39 is 11.7 Å². The molecule has 0 spiro atoms. The van der Waals surface area contributed by atoms with Crippen LogP contribution in [0.1, 0.15) is 61.3 Å². The molecular formula is C44H52BrN5O6. The second-order valence-electron chi connectivity index (χ2n) is 15.5. The summed E-state index contributed by atoms with van der Waals surface area (Å²) in [7, 11) is 0. The first-order valence-corrected chi connectivity index (χ1v) is 19.7. The van der Waals surface area contributed by atoms with Gasteiger partial charge < -0.3 is 34.3 Å². The van der Waals surface area contributed by atoms with Gasteiger partial charge in [0, 0.05) is 34.2 Å². The molecule has 3 aromatic carbocycles. The third-order valence-electron chi connectivity index (χ3n) is 8.43. The lowest BCUT2D eigenvalue weighted by Gasteiger charge is -2.25. The molecule has 0 aliphatic heterocycles. The molecule has 3 heterocycles. The molecule has 6 rings (SSSR count). The number of para-hydroxylation sites is 1. The Morgan fingerprint density at radius 3 is 2.02 bits per heavy atom. The topological polar surface area (TPSA) is 148 Å². The number of aromatic nitrogens is 3. The first kappa shape index (κ1) is 42.0. The molecule has 11 nitrogen and oxygen atoms in total. The van der Waals surface area contributed by atoms with E-state index in [-0.39, 0.29) is 12.1 Å². The molecule has 0 fully saturated rings. The van der Waals surface area contributed by atoms with Crippen LogP contribution in [0.25, 0.3) is 44.7 Å². The molecular weight excluding hydrogens is 774 g/mol. The lowest BCUT2D eigenvalue weighted by atomic mass is 9.98. The molecule has 0 unspecified atom stereocenters. The molecule has 0 aliphatic carbocycles.